The molecule has 5 atom stereocenters. The topological polar surface area (TPSA) is 214 Å². The van der Waals surface area contributed by atoms with Crippen LogP contribution in [0, 0.1) is 5.92 Å². The van der Waals surface area contributed by atoms with E-state index in [2.05, 4.69) is 28.6 Å². The molecule has 0 aromatic rings. The molecule has 13 heteroatoms. The Labute approximate surface area is 179 Å². The standard InChI is InChI=1S/C17H31N5O7S/c1-7(2)12(21-14(25)9(18)6-30)15(26)22-13(8(3)23)16(27)20-10(17(28)29)4-5-11(19)24/h7-10,12-13,23,30H,4-6,18H2,1-3H3,(H2,19,24)(H,20,27)(H,21,25)(H,22,26)(H,28,29). The Morgan fingerprint density at radius 2 is 1.43 bits per heavy atom. The molecular weight excluding hydrogens is 418 g/mol. The van der Waals surface area contributed by atoms with Gasteiger partial charge in [0.2, 0.25) is 23.6 Å². The molecule has 0 aliphatic carbocycles. The summed E-state index contributed by atoms with van der Waals surface area (Å²) in [7, 11) is 0. The van der Waals surface area contributed by atoms with Crippen LogP contribution in [0.4, 0.5) is 0 Å². The van der Waals surface area contributed by atoms with Crippen molar-refractivity contribution in [3.05, 3.63) is 0 Å². The van der Waals surface area contributed by atoms with Crippen LogP contribution in [0.3, 0.4) is 0 Å². The molecule has 5 unspecified atom stereocenters. The van der Waals surface area contributed by atoms with E-state index in [0.29, 0.717) is 0 Å². The van der Waals surface area contributed by atoms with Crippen LogP contribution in [0.15, 0.2) is 0 Å². The van der Waals surface area contributed by atoms with Gasteiger partial charge in [-0.2, -0.15) is 12.6 Å². The average Bonchev–Trinajstić information content (AvgIpc) is 2.64. The van der Waals surface area contributed by atoms with Gasteiger partial charge in [0.15, 0.2) is 0 Å². The first-order valence-corrected chi connectivity index (χ1v) is 9.91. The molecule has 9 N–H and O–H groups in total. The molecule has 4 amide bonds. The fraction of sp³-hybridized carbons (Fsp3) is 0.706. The van der Waals surface area contributed by atoms with Gasteiger partial charge < -0.3 is 37.6 Å². The Morgan fingerprint density at radius 1 is 0.933 bits per heavy atom. The van der Waals surface area contributed by atoms with E-state index in [1.807, 2.05) is 0 Å². The van der Waals surface area contributed by atoms with Crippen molar-refractivity contribution in [1.29, 1.82) is 0 Å². The molecule has 0 saturated heterocycles. The van der Waals surface area contributed by atoms with E-state index in [0.717, 1.165) is 0 Å². The summed E-state index contributed by atoms with van der Waals surface area (Å²) in [5.74, 6) is -4.85. The maximum Gasteiger partial charge on any atom is 0.326 e. The van der Waals surface area contributed by atoms with Gasteiger partial charge in [0.1, 0.15) is 18.1 Å². The SMILES string of the molecule is CC(C)C(NC(=O)C(N)CS)C(=O)NC(C(=O)NC(CCC(N)=O)C(=O)O)C(C)O. The second-order valence-corrected chi connectivity index (χ2v) is 7.52. The maximum absolute atomic E-state index is 12.6. The number of carboxylic acids is 1. The third-order valence-corrected chi connectivity index (χ3v) is 4.53. The van der Waals surface area contributed by atoms with Crippen LogP contribution in [0.2, 0.25) is 0 Å². The number of hydrogen-bond donors (Lipinski definition) is 8. The van der Waals surface area contributed by atoms with Crippen LogP contribution in [0.5, 0.6) is 0 Å². The van der Waals surface area contributed by atoms with E-state index in [-0.39, 0.29) is 24.5 Å². The molecular formula is C17H31N5O7S. The van der Waals surface area contributed by atoms with Gasteiger partial charge in [0.25, 0.3) is 0 Å². The molecule has 0 heterocycles. The van der Waals surface area contributed by atoms with Crippen molar-refractivity contribution >= 4 is 42.2 Å². The lowest BCUT2D eigenvalue weighted by Gasteiger charge is -2.28. The van der Waals surface area contributed by atoms with E-state index in [1.165, 1.54) is 6.92 Å². The normalized spacial score (nSPS) is 16.0. The molecule has 172 valence electrons. The van der Waals surface area contributed by atoms with Crippen LogP contribution >= 0.6 is 12.6 Å². The number of carbonyl (C=O) groups excluding carboxylic acids is 4. The zero-order valence-electron chi connectivity index (χ0n) is 17.1. The van der Waals surface area contributed by atoms with Crippen molar-refractivity contribution in [2.45, 2.75) is 63.9 Å². The van der Waals surface area contributed by atoms with Crippen LogP contribution < -0.4 is 27.4 Å². The van der Waals surface area contributed by atoms with Crippen molar-refractivity contribution in [3.8, 4) is 0 Å². The largest absolute Gasteiger partial charge is 0.480 e. The number of nitrogens with one attached hydrogen (secondary N) is 3. The lowest BCUT2D eigenvalue weighted by molar-refractivity contribution is -0.143. The molecule has 0 bridgehead atoms. The number of rotatable bonds is 13. The highest BCUT2D eigenvalue weighted by Crippen LogP contribution is 2.06. The Morgan fingerprint density at radius 3 is 1.83 bits per heavy atom. The van der Waals surface area contributed by atoms with Crippen molar-refractivity contribution in [2.24, 2.45) is 17.4 Å². The molecule has 0 aliphatic rings. The summed E-state index contributed by atoms with van der Waals surface area (Å²) in [5.41, 5.74) is 10.6. The van der Waals surface area contributed by atoms with Gasteiger partial charge in [-0.3, -0.25) is 19.2 Å². The molecule has 30 heavy (non-hydrogen) atoms. The second kappa shape index (κ2) is 13.0. The number of hydrogen-bond acceptors (Lipinski definition) is 8. The quantitative estimate of drug-likeness (QED) is 0.136. The highest BCUT2D eigenvalue weighted by Gasteiger charge is 2.33. The minimum Gasteiger partial charge on any atom is -0.480 e. The number of primary amides is 1. The zero-order valence-corrected chi connectivity index (χ0v) is 18.0. The fourth-order valence-electron chi connectivity index (χ4n) is 2.33. The van der Waals surface area contributed by atoms with E-state index in [9.17, 15) is 34.2 Å². The van der Waals surface area contributed by atoms with E-state index >= 15 is 0 Å². The van der Waals surface area contributed by atoms with Gasteiger partial charge in [0.05, 0.1) is 12.1 Å². The average molecular weight is 450 g/mol. The van der Waals surface area contributed by atoms with Crippen LogP contribution in [-0.2, 0) is 24.0 Å². The Hall–Kier alpha value is -2.38. The van der Waals surface area contributed by atoms with E-state index < -0.39 is 59.9 Å². The fourth-order valence-corrected chi connectivity index (χ4v) is 2.50. The first-order chi connectivity index (χ1) is 13.8. The monoisotopic (exact) mass is 449 g/mol. The molecule has 0 saturated carbocycles. The number of carboxylic acid groups (broad SMARTS) is 1. The van der Waals surface area contributed by atoms with Crippen LogP contribution in [0.25, 0.3) is 0 Å². The second-order valence-electron chi connectivity index (χ2n) is 7.15. The summed E-state index contributed by atoms with van der Waals surface area (Å²) in [4.78, 5) is 59.3. The molecule has 0 spiro atoms. The molecule has 0 rings (SSSR count). The van der Waals surface area contributed by atoms with Crippen molar-refractivity contribution < 1.29 is 34.2 Å². The first kappa shape index (κ1) is 27.6. The lowest BCUT2D eigenvalue weighted by atomic mass is 10.0. The number of aliphatic hydroxyl groups excluding tert-OH is 1. The van der Waals surface area contributed by atoms with Crippen molar-refractivity contribution in [2.75, 3.05) is 5.75 Å². The van der Waals surface area contributed by atoms with Gasteiger partial charge in [-0.25, -0.2) is 4.79 Å². The van der Waals surface area contributed by atoms with E-state index in [1.54, 1.807) is 13.8 Å². The van der Waals surface area contributed by atoms with Crippen LogP contribution in [-0.4, -0.2) is 75.8 Å². The van der Waals surface area contributed by atoms with Crippen LogP contribution in [0.1, 0.15) is 33.6 Å². The Bertz CT molecular complexity index is 644. The van der Waals surface area contributed by atoms with Crippen molar-refractivity contribution in [1.82, 2.24) is 16.0 Å². The predicted molar refractivity (Wildman–Crippen MR) is 110 cm³/mol. The maximum atomic E-state index is 12.6. The number of thiol groups is 1. The first-order valence-electron chi connectivity index (χ1n) is 9.28. The minimum absolute atomic E-state index is 0.0544. The van der Waals surface area contributed by atoms with Gasteiger partial charge in [0, 0.05) is 12.2 Å². The molecule has 0 aliphatic heterocycles. The summed E-state index contributed by atoms with van der Waals surface area (Å²) in [6, 6.07) is -4.97. The Balaban J connectivity index is 5.32. The summed E-state index contributed by atoms with van der Waals surface area (Å²) >= 11 is 3.92. The van der Waals surface area contributed by atoms with E-state index in [4.69, 9.17) is 11.5 Å². The van der Waals surface area contributed by atoms with Gasteiger partial charge in [-0.05, 0) is 19.3 Å². The number of carbonyl (C=O) groups is 5. The highest BCUT2D eigenvalue weighted by molar-refractivity contribution is 7.80. The highest BCUT2D eigenvalue weighted by atomic mass is 32.1. The third-order valence-electron chi connectivity index (χ3n) is 4.14. The number of aliphatic hydroxyl groups is 1. The lowest BCUT2D eigenvalue weighted by Crippen LogP contribution is -2.61. The predicted octanol–water partition coefficient (Wildman–Crippen LogP) is -2.92. The summed E-state index contributed by atoms with van der Waals surface area (Å²) in [5, 5.41) is 26.0. The minimum atomic E-state index is -1.51. The summed E-state index contributed by atoms with van der Waals surface area (Å²) < 4.78 is 0. The number of amides is 4. The van der Waals surface area contributed by atoms with Gasteiger partial charge in [-0.15, -0.1) is 0 Å². The smallest absolute Gasteiger partial charge is 0.326 e. The molecule has 12 nitrogen and oxygen atoms in total. The zero-order chi connectivity index (χ0) is 23.6. The molecule has 0 aromatic heterocycles. The van der Waals surface area contributed by atoms with Gasteiger partial charge >= 0.3 is 5.97 Å². The molecule has 0 aromatic carbocycles. The summed E-state index contributed by atoms with van der Waals surface area (Å²) in [6.07, 6.45) is -1.93. The van der Waals surface area contributed by atoms with Crippen molar-refractivity contribution in [3.63, 3.8) is 0 Å². The molecule has 0 fully saturated rings. The molecule has 0 radical (unpaired) electrons. The summed E-state index contributed by atoms with van der Waals surface area (Å²) in [6.45, 7) is 4.53. The third kappa shape index (κ3) is 9.41. The number of aliphatic carboxylic acids is 1. The Kier molecular flexibility index (Phi) is 12.0. The van der Waals surface area contributed by atoms with Gasteiger partial charge in [-0.1, -0.05) is 13.8 Å². The number of nitrogens with two attached hydrogens (primary N) is 2.